The largest absolute Gasteiger partial charge is 0.478 e. The van der Waals surface area contributed by atoms with E-state index < -0.39 is 5.97 Å². The second-order valence-corrected chi connectivity index (χ2v) is 4.54. The van der Waals surface area contributed by atoms with Crippen molar-refractivity contribution in [2.45, 2.75) is 20.8 Å². The Bertz CT molecular complexity index is 355. The molecule has 0 saturated carbocycles. The number of carbonyl (C=O) groups is 1. The van der Waals surface area contributed by atoms with Crippen LogP contribution in [0.2, 0.25) is 0 Å². The van der Waals surface area contributed by atoms with Crippen molar-refractivity contribution in [3.8, 4) is 5.88 Å². The van der Waals surface area contributed by atoms with Crippen LogP contribution in [0.25, 0.3) is 0 Å². The van der Waals surface area contributed by atoms with E-state index in [9.17, 15) is 4.79 Å². The maximum Gasteiger partial charge on any atom is 0.335 e. The summed E-state index contributed by atoms with van der Waals surface area (Å²) in [4.78, 5) is 14.6. The van der Waals surface area contributed by atoms with Gasteiger partial charge in [-0.05, 0) is 11.5 Å². The Morgan fingerprint density at radius 1 is 1.53 bits per heavy atom. The summed E-state index contributed by atoms with van der Waals surface area (Å²) >= 11 is 0. The van der Waals surface area contributed by atoms with Crippen LogP contribution in [0, 0.1) is 5.41 Å². The summed E-state index contributed by atoms with van der Waals surface area (Å²) in [7, 11) is 0. The molecule has 0 aromatic carbocycles. The highest BCUT2D eigenvalue weighted by molar-refractivity contribution is 5.87. The molecule has 4 heteroatoms. The van der Waals surface area contributed by atoms with E-state index in [1.54, 1.807) is 0 Å². The molecule has 0 aliphatic rings. The van der Waals surface area contributed by atoms with Crippen LogP contribution < -0.4 is 4.74 Å². The first-order valence-electron chi connectivity index (χ1n) is 4.71. The molecule has 0 saturated heterocycles. The highest BCUT2D eigenvalue weighted by atomic mass is 16.5. The first-order chi connectivity index (χ1) is 6.88. The van der Waals surface area contributed by atoms with Crippen LogP contribution in [0.3, 0.4) is 0 Å². The topological polar surface area (TPSA) is 59.4 Å². The number of nitrogens with zero attached hydrogens (tertiary/aromatic N) is 1. The lowest BCUT2D eigenvalue weighted by molar-refractivity contribution is 0.0696. The first kappa shape index (κ1) is 11.5. The van der Waals surface area contributed by atoms with E-state index in [1.165, 1.54) is 18.3 Å². The molecule has 82 valence electrons. The number of carboxylic acids is 1. The van der Waals surface area contributed by atoms with Gasteiger partial charge in [-0.3, -0.25) is 0 Å². The molecule has 0 fully saturated rings. The minimum absolute atomic E-state index is 0.0287. The summed E-state index contributed by atoms with van der Waals surface area (Å²) in [5, 5.41) is 8.75. The van der Waals surface area contributed by atoms with Crippen LogP contribution in [0.1, 0.15) is 31.1 Å². The number of aromatic nitrogens is 1. The van der Waals surface area contributed by atoms with Gasteiger partial charge in [-0.1, -0.05) is 20.8 Å². The van der Waals surface area contributed by atoms with Gasteiger partial charge < -0.3 is 9.84 Å². The molecule has 0 aliphatic heterocycles. The van der Waals surface area contributed by atoms with Crippen molar-refractivity contribution >= 4 is 5.97 Å². The third kappa shape index (κ3) is 3.97. The third-order valence-electron chi connectivity index (χ3n) is 1.63. The SMILES string of the molecule is CC(C)(C)COc1cc(C(=O)O)ccn1. The van der Waals surface area contributed by atoms with Gasteiger partial charge in [0.15, 0.2) is 0 Å². The lowest BCUT2D eigenvalue weighted by atomic mass is 9.99. The second kappa shape index (κ2) is 4.29. The minimum atomic E-state index is -0.974. The van der Waals surface area contributed by atoms with E-state index in [0.717, 1.165) is 0 Å². The molecule has 1 aromatic heterocycles. The van der Waals surface area contributed by atoms with Gasteiger partial charge in [-0.2, -0.15) is 0 Å². The van der Waals surface area contributed by atoms with E-state index in [0.29, 0.717) is 12.5 Å². The van der Waals surface area contributed by atoms with Gasteiger partial charge in [-0.15, -0.1) is 0 Å². The number of hydrogen-bond acceptors (Lipinski definition) is 3. The van der Waals surface area contributed by atoms with Crippen molar-refractivity contribution in [2.75, 3.05) is 6.61 Å². The van der Waals surface area contributed by atoms with E-state index in [1.807, 2.05) is 20.8 Å². The van der Waals surface area contributed by atoms with Crippen molar-refractivity contribution in [2.24, 2.45) is 5.41 Å². The number of pyridine rings is 1. The second-order valence-electron chi connectivity index (χ2n) is 4.54. The highest BCUT2D eigenvalue weighted by Crippen LogP contribution is 2.16. The number of rotatable bonds is 3. The van der Waals surface area contributed by atoms with E-state index >= 15 is 0 Å². The van der Waals surface area contributed by atoms with Crippen LogP contribution in [0.15, 0.2) is 18.3 Å². The standard InChI is InChI=1S/C11H15NO3/c1-11(2,3)7-15-9-6-8(10(13)14)4-5-12-9/h4-6H,7H2,1-3H3,(H,13,14). The summed E-state index contributed by atoms with van der Waals surface area (Å²) in [6.45, 7) is 6.61. The van der Waals surface area contributed by atoms with Crippen molar-refractivity contribution in [1.82, 2.24) is 4.98 Å². The normalized spacial score (nSPS) is 11.1. The third-order valence-corrected chi connectivity index (χ3v) is 1.63. The van der Waals surface area contributed by atoms with Crippen LogP contribution in [-0.4, -0.2) is 22.7 Å². The predicted octanol–water partition coefficient (Wildman–Crippen LogP) is 2.20. The Morgan fingerprint density at radius 3 is 2.73 bits per heavy atom. The Morgan fingerprint density at radius 2 is 2.20 bits per heavy atom. The molecule has 1 aromatic rings. The molecule has 0 spiro atoms. The molecule has 0 bridgehead atoms. The highest BCUT2D eigenvalue weighted by Gasteiger charge is 2.12. The van der Waals surface area contributed by atoms with Crippen molar-refractivity contribution in [3.63, 3.8) is 0 Å². The fourth-order valence-corrected chi connectivity index (χ4v) is 0.912. The maximum atomic E-state index is 10.7. The number of hydrogen-bond donors (Lipinski definition) is 1. The molecule has 0 unspecified atom stereocenters. The zero-order valence-corrected chi connectivity index (χ0v) is 9.15. The smallest absolute Gasteiger partial charge is 0.335 e. The number of carboxylic acid groups (broad SMARTS) is 1. The first-order valence-corrected chi connectivity index (χ1v) is 4.71. The monoisotopic (exact) mass is 209 g/mol. The summed E-state index contributed by atoms with van der Waals surface area (Å²) in [5.41, 5.74) is 0.217. The van der Waals surface area contributed by atoms with Gasteiger partial charge in [0, 0.05) is 12.3 Å². The molecular formula is C11H15NO3. The van der Waals surface area contributed by atoms with Crippen molar-refractivity contribution in [1.29, 1.82) is 0 Å². The van der Waals surface area contributed by atoms with Gasteiger partial charge in [0.1, 0.15) is 0 Å². The molecule has 1 N–H and O–H groups in total. The maximum absolute atomic E-state index is 10.7. The summed E-state index contributed by atoms with van der Waals surface area (Å²) < 4.78 is 5.39. The zero-order valence-electron chi connectivity index (χ0n) is 9.15. The minimum Gasteiger partial charge on any atom is -0.478 e. The van der Waals surface area contributed by atoms with Gasteiger partial charge in [0.05, 0.1) is 12.2 Å². The van der Waals surface area contributed by atoms with Gasteiger partial charge in [-0.25, -0.2) is 9.78 Å². The van der Waals surface area contributed by atoms with E-state index in [-0.39, 0.29) is 11.0 Å². The molecule has 0 radical (unpaired) electrons. The Hall–Kier alpha value is -1.58. The molecular weight excluding hydrogens is 194 g/mol. The quantitative estimate of drug-likeness (QED) is 0.829. The summed E-state index contributed by atoms with van der Waals surface area (Å²) in [6, 6.07) is 2.86. The zero-order chi connectivity index (χ0) is 11.5. The number of aromatic carboxylic acids is 1. The van der Waals surface area contributed by atoms with Crippen molar-refractivity contribution in [3.05, 3.63) is 23.9 Å². The van der Waals surface area contributed by atoms with Crippen LogP contribution in [-0.2, 0) is 0 Å². The molecule has 4 nitrogen and oxygen atoms in total. The lowest BCUT2D eigenvalue weighted by Gasteiger charge is -2.18. The van der Waals surface area contributed by atoms with Crippen molar-refractivity contribution < 1.29 is 14.6 Å². The molecule has 1 heterocycles. The van der Waals surface area contributed by atoms with E-state index in [4.69, 9.17) is 9.84 Å². The lowest BCUT2D eigenvalue weighted by Crippen LogP contribution is -2.17. The van der Waals surface area contributed by atoms with E-state index in [2.05, 4.69) is 4.98 Å². The van der Waals surface area contributed by atoms with Crippen LogP contribution in [0.4, 0.5) is 0 Å². The van der Waals surface area contributed by atoms with Gasteiger partial charge in [0.25, 0.3) is 0 Å². The summed E-state index contributed by atoms with van der Waals surface area (Å²) in [5.74, 6) is -0.622. The fourth-order valence-electron chi connectivity index (χ4n) is 0.912. The average Bonchev–Trinajstić information content (AvgIpc) is 2.14. The summed E-state index contributed by atoms with van der Waals surface area (Å²) in [6.07, 6.45) is 1.43. The Labute approximate surface area is 88.9 Å². The molecule has 15 heavy (non-hydrogen) atoms. The molecule has 0 atom stereocenters. The molecule has 0 amide bonds. The Balaban J connectivity index is 2.70. The van der Waals surface area contributed by atoms with Crippen LogP contribution in [0.5, 0.6) is 5.88 Å². The van der Waals surface area contributed by atoms with Crippen LogP contribution >= 0.6 is 0 Å². The fraction of sp³-hybridized carbons (Fsp3) is 0.455. The molecule has 0 aliphatic carbocycles. The average molecular weight is 209 g/mol. The Kier molecular flexibility index (Phi) is 3.29. The predicted molar refractivity (Wildman–Crippen MR) is 56.1 cm³/mol. The molecule has 1 rings (SSSR count). The number of ether oxygens (including phenoxy) is 1. The van der Waals surface area contributed by atoms with Gasteiger partial charge in [0.2, 0.25) is 5.88 Å². The van der Waals surface area contributed by atoms with Gasteiger partial charge >= 0.3 is 5.97 Å².